The molecule has 0 unspecified atom stereocenters. The van der Waals surface area contributed by atoms with Crippen molar-refractivity contribution >= 4 is 0 Å². The van der Waals surface area contributed by atoms with Crippen molar-refractivity contribution in [3.05, 3.63) is 5.82 Å². The molecule has 138 valence electrons. The van der Waals surface area contributed by atoms with Crippen LogP contribution in [0, 0.1) is 0 Å². The van der Waals surface area contributed by atoms with E-state index in [1.165, 1.54) is 70.6 Å². The van der Waals surface area contributed by atoms with E-state index in [0.717, 1.165) is 18.7 Å². The minimum absolute atomic E-state index is 0.329. The summed E-state index contributed by atoms with van der Waals surface area (Å²) < 4.78 is 10.1. The molecule has 1 aromatic heterocycles. The van der Waals surface area contributed by atoms with E-state index in [0.29, 0.717) is 12.0 Å². The molecular weight excluding hydrogens is 302 g/mol. The van der Waals surface area contributed by atoms with Crippen molar-refractivity contribution in [1.29, 1.82) is 0 Å². The van der Waals surface area contributed by atoms with E-state index in [2.05, 4.69) is 21.9 Å². The predicted octanol–water partition coefficient (Wildman–Crippen LogP) is 5.13. The molecule has 0 bridgehead atoms. The standard InChI is InChI=1S/C19H35N3O2/c1-4-5-6-7-8-9-10-11-12-13-14-15-16-17-20-18(23-2)22-19(21-17)24-3/h4-16H2,1-3H3. The van der Waals surface area contributed by atoms with Gasteiger partial charge in [0, 0.05) is 6.42 Å². The highest BCUT2D eigenvalue weighted by atomic mass is 16.5. The van der Waals surface area contributed by atoms with Gasteiger partial charge in [-0.15, -0.1) is 4.98 Å². The van der Waals surface area contributed by atoms with Crippen LogP contribution < -0.4 is 9.47 Å². The summed E-state index contributed by atoms with van der Waals surface area (Å²) in [6.07, 6.45) is 17.0. The fraction of sp³-hybridized carbons (Fsp3) is 0.842. The van der Waals surface area contributed by atoms with Crippen molar-refractivity contribution in [2.75, 3.05) is 14.2 Å². The molecule has 0 N–H and O–H groups in total. The van der Waals surface area contributed by atoms with Crippen molar-refractivity contribution in [3.8, 4) is 12.0 Å². The molecule has 0 fully saturated rings. The van der Waals surface area contributed by atoms with Crippen LogP contribution in [0.1, 0.15) is 89.8 Å². The van der Waals surface area contributed by atoms with Gasteiger partial charge in [-0.2, -0.15) is 9.97 Å². The van der Waals surface area contributed by atoms with Crippen LogP contribution in [0.3, 0.4) is 0 Å². The maximum absolute atomic E-state index is 5.07. The third-order valence-electron chi connectivity index (χ3n) is 4.26. The Kier molecular flexibility index (Phi) is 12.0. The van der Waals surface area contributed by atoms with Gasteiger partial charge >= 0.3 is 12.0 Å². The van der Waals surface area contributed by atoms with Gasteiger partial charge in [0.2, 0.25) is 0 Å². The third kappa shape index (κ3) is 9.68. The topological polar surface area (TPSA) is 57.1 Å². The predicted molar refractivity (Wildman–Crippen MR) is 97.7 cm³/mol. The number of ether oxygens (including phenoxy) is 2. The van der Waals surface area contributed by atoms with Gasteiger partial charge in [0.25, 0.3) is 0 Å². The number of unbranched alkanes of at least 4 members (excludes halogenated alkanes) is 11. The highest BCUT2D eigenvalue weighted by Gasteiger charge is 2.06. The van der Waals surface area contributed by atoms with Crippen molar-refractivity contribution < 1.29 is 9.47 Å². The van der Waals surface area contributed by atoms with Crippen LogP contribution in [-0.4, -0.2) is 29.2 Å². The largest absolute Gasteiger partial charge is 0.467 e. The number of hydrogen-bond donors (Lipinski definition) is 0. The minimum atomic E-state index is 0.329. The second-order valence-electron chi connectivity index (χ2n) is 6.36. The molecule has 1 aromatic rings. The maximum atomic E-state index is 5.07. The molecule has 0 aliphatic heterocycles. The Morgan fingerprint density at radius 1 is 0.583 bits per heavy atom. The van der Waals surface area contributed by atoms with Crippen LogP contribution in [0.4, 0.5) is 0 Å². The Morgan fingerprint density at radius 3 is 1.42 bits per heavy atom. The Labute approximate surface area is 147 Å². The van der Waals surface area contributed by atoms with Gasteiger partial charge in [-0.3, -0.25) is 0 Å². The van der Waals surface area contributed by atoms with Crippen LogP contribution in [0.5, 0.6) is 12.0 Å². The van der Waals surface area contributed by atoms with E-state index >= 15 is 0 Å². The first kappa shape index (κ1) is 20.7. The molecule has 0 aliphatic rings. The molecule has 5 nitrogen and oxygen atoms in total. The van der Waals surface area contributed by atoms with Gasteiger partial charge in [-0.05, 0) is 6.42 Å². The number of methoxy groups -OCH3 is 2. The van der Waals surface area contributed by atoms with Gasteiger partial charge in [0.1, 0.15) is 5.82 Å². The van der Waals surface area contributed by atoms with Crippen molar-refractivity contribution in [2.45, 2.75) is 90.4 Å². The normalized spacial score (nSPS) is 10.8. The monoisotopic (exact) mass is 337 g/mol. The van der Waals surface area contributed by atoms with E-state index in [9.17, 15) is 0 Å². The first-order chi connectivity index (χ1) is 11.8. The molecule has 0 radical (unpaired) electrons. The molecular formula is C19H35N3O2. The summed E-state index contributed by atoms with van der Waals surface area (Å²) in [6.45, 7) is 2.27. The number of aryl methyl sites for hydroxylation is 1. The van der Waals surface area contributed by atoms with Gasteiger partial charge in [-0.25, -0.2) is 0 Å². The lowest BCUT2D eigenvalue weighted by Crippen LogP contribution is -2.03. The third-order valence-corrected chi connectivity index (χ3v) is 4.26. The van der Waals surface area contributed by atoms with Crippen LogP contribution in [0.15, 0.2) is 0 Å². The zero-order valence-electron chi connectivity index (χ0n) is 15.9. The van der Waals surface area contributed by atoms with Crippen LogP contribution in [0.25, 0.3) is 0 Å². The Balaban J connectivity index is 2.00. The summed E-state index contributed by atoms with van der Waals surface area (Å²) in [7, 11) is 3.12. The molecule has 1 heterocycles. The van der Waals surface area contributed by atoms with Crippen molar-refractivity contribution in [3.63, 3.8) is 0 Å². The zero-order chi connectivity index (χ0) is 17.5. The van der Waals surface area contributed by atoms with E-state index in [1.807, 2.05) is 0 Å². The van der Waals surface area contributed by atoms with Crippen LogP contribution in [0.2, 0.25) is 0 Å². The zero-order valence-corrected chi connectivity index (χ0v) is 15.9. The summed E-state index contributed by atoms with van der Waals surface area (Å²) in [4.78, 5) is 12.5. The van der Waals surface area contributed by atoms with Gasteiger partial charge in [-0.1, -0.05) is 77.6 Å². The second-order valence-corrected chi connectivity index (χ2v) is 6.36. The number of hydrogen-bond acceptors (Lipinski definition) is 5. The lowest BCUT2D eigenvalue weighted by atomic mass is 10.0. The van der Waals surface area contributed by atoms with Gasteiger partial charge < -0.3 is 9.47 Å². The molecule has 0 amide bonds. The first-order valence-electron chi connectivity index (χ1n) is 9.63. The highest BCUT2D eigenvalue weighted by molar-refractivity contribution is 5.05. The fourth-order valence-electron chi connectivity index (χ4n) is 2.80. The molecule has 0 aromatic carbocycles. The Bertz CT molecular complexity index is 405. The fourth-order valence-corrected chi connectivity index (χ4v) is 2.80. The smallest absolute Gasteiger partial charge is 0.322 e. The quantitative estimate of drug-likeness (QED) is 0.415. The van der Waals surface area contributed by atoms with Gasteiger partial charge in [0.15, 0.2) is 0 Å². The van der Waals surface area contributed by atoms with E-state index in [-0.39, 0.29) is 0 Å². The molecule has 0 atom stereocenters. The van der Waals surface area contributed by atoms with E-state index < -0.39 is 0 Å². The molecule has 0 aliphatic carbocycles. The summed E-state index contributed by atoms with van der Waals surface area (Å²) >= 11 is 0. The molecule has 0 spiro atoms. The van der Waals surface area contributed by atoms with Crippen LogP contribution in [-0.2, 0) is 6.42 Å². The van der Waals surface area contributed by atoms with Gasteiger partial charge in [0.05, 0.1) is 14.2 Å². The van der Waals surface area contributed by atoms with Crippen molar-refractivity contribution in [1.82, 2.24) is 15.0 Å². The van der Waals surface area contributed by atoms with E-state index in [4.69, 9.17) is 9.47 Å². The first-order valence-corrected chi connectivity index (χ1v) is 9.63. The molecule has 24 heavy (non-hydrogen) atoms. The summed E-state index contributed by atoms with van der Waals surface area (Å²) in [5.41, 5.74) is 0. The lowest BCUT2D eigenvalue weighted by Gasteiger charge is -2.05. The number of rotatable bonds is 15. The molecule has 0 saturated heterocycles. The summed E-state index contributed by atoms with van der Waals surface area (Å²) in [6, 6.07) is 0.659. The Morgan fingerprint density at radius 2 is 1.00 bits per heavy atom. The van der Waals surface area contributed by atoms with Crippen LogP contribution >= 0.6 is 0 Å². The maximum Gasteiger partial charge on any atom is 0.322 e. The molecule has 5 heteroatoms. The Hall–Kier alpha value is -1.39. The van der Waals surface area contributed by atoms with E-state index in [1.54, 1.807) is 14.2 Å². The van der Waals surface area contributed by atoms with Crippen molar-refractivity contribution in [2.24, 2.45) is 0 Å². The lowest BCUT2D eigenvalue weighted by molar-refractivity contribution is 0.336. The SMILES string of the molecule is CCCCCCCCCCCCCCc1nc(OC)nc(OC)n1. The molecule has 0 saturated carbocycles. The molecule has 1 rings (SSSR count). The average molecular weight is 338 g/mol. The number of aromatic nitrogens is 3. The summed E-state index contributed by atoms with van der Waals surface area (Å²) in [5, 5.41) is 0. The minimum Gasteiger partial charge on any atom is -0.467 e. The summed E-state index contributed by atoms with van der Waals surface area (Å²) in [5.74, 6) is 0.755. The number of nitrogens with zero attached hydrogens (tertiary/aromatic N) is 3. The highest BCUT2D eigenvalue weighted by Crippen LogP contribution is 2.14. The second kappa shape index (κ2) is 14.0. The average Bonchev–Trinajstić information content (AvgIpc) is 2.62.